The summed E-state index contributed by atoms with van der Waals surface area (Å²) >= 11 is 12.0. The van der Waals surface area contributed by atoms with E-state index in [0.717, 1.165) is 9.87 Å². The molecule has 0 saturated heterocycles. The highest BCUT2D eigenvalue weighted by Crippen LogP contribution is 2.30. The molecule has 0 aromatic heterocycles. The highest BCUT2D eigenvalue weighted by atomic mass is 35.5. The number of para-hydroxylation sites is 1. The lowest BCUT2D eigenvalue weighted by Crippen LogP contribution is -2.35. The number of amides is 1. The van der Waals surface area contributed by atoms with Crippen molar-refractivity contribution in [2.75, 3.05) is 18.9 Å². The van der Waals surface area contributed by atoms with E-state index < -0.39 is 15.9 Å². The van der Waals surface area contributed by atoms with Crippen LogP contribution in [0.25, 0.3) is 0 Å². The number of sulfonamides is 1. The number of carbonyl (C=O) groups is 1. The summed E-state index contributed by atoms with van der Waals surface area (Å²) in [6, 6.07) is 8.43. The van der Waals surface area contributed by atoms with Gasteiger partial charge in [-0.3, -0.25) is 4.79 Å². The van der Waals surface area contributed by atoms with Crippen LogP contribution < -0.4 is 5.32 Å². The maximum absolute atomic E-state index is 12.9. The summed E-state index contributed by atoms with van der Waals surface area (Å²) in [7, 11) is -2.46. The van der Waals surface area contributed by atoms with Crippen LogP contribution in [0.5, 0.6) is 0 Å². The van der Waals surface area contributed by atoms with Gasteiger partial charge in [0, 0.05) is 7.05 Å². The Kier molecular flexibility index (Phi) is 6.34. The lowest BCUT2D eigenvalue weighted by Gasteiger charge is -2.20. The van der Waals surface area contributed by atoms with Crippen molar-refractivity contribution in [3.8, 4) is 0 Å². The number of anilines is 1. The molecule has 1 N–H and O–H groups in total. The van der Waals surface area contributed by atoms with Gasteiger partial charge >= 0.3 is 0 Å². The van der Waals surface area contributed by atoms with Crippen LogP contribution in [0.3, 0.4) is 0 Å². The number of nitrogens with zero attached hydrogens (tertiary/aromatic N) is 1. The molecule has 2 aromatic rings. The van der Waals surface area contributed by atoms with Gasteiger partial charge in [0.1, 0.15) is 0 Å². The van der Waals surface area contributed by atoms with Crippen molar-refractivity contribution in [3.05, 3.63) is 57.1 Å². The fourth-order valence-corrected chi connectivity index (χ4v) is 4.84. The van der Waals surface area contributed by atoms with E-state index in [1.54, 1.807) is 44.2 Å². The molecule has 0 bridgehead atoms. The third-order valence-electron chi connectivity index (χ3n) is 3.87. The number of benzene rings is 2. The molecule has 8 heteroatoms. The average molecular weight is 415 g/mol. The molecule has 26 heavy (non-hydrogen) atoms. The van der Waals surface area contributed by atoms with E-state index in [9.17, 15) is 13.2 Å². The first-order chi connectivity index (χ1) is 12.0. The second-order valence-corrected chi connectivity index (χ2v) is 8.93. The Labute approximate surface area is 164 Å². The maximum Gasteiger partial charge on any atom is 0.243 e. The molecule has 0 aliphatic heterocycles. The molecule has 140 valence electrons. The van der Waals surface area contributed by atoms with Gasteiger partial charge in [-0.2, -0.15) is 4.31 Å². The summed E-state index contributed by atoms with van der Waals surface area (Å²) < 4.78 is 26.8. The zero-order valence-electron chi connectivity index (χ0n) is 14.9. The van der Waals surface area contributed by atoms with Crippen LogP contribution in [0.1, 0.15) is 16.7 Å². The Bertz CT molecular complexity index is 916. The first kappa shape index (κ1) is 20.7. The second-order valence-electron chi connectivity index (χ2n) is 6.13. The molecule has 1 amide bonds. The second kappa shape index (κ2) is 7.96. The number of nitrogens with one attached hydrogen (secondary N) is 1. The zero-order valence-corrected chi connectivity index (χ0v) is 17.3. The maximum atomic E-state index is 12.9. The lowest BCUT2D eigenvalue weighted by atomic mass is 10.1. The summed E-state index contributed by atoms with van der Waals surface area (Å²) in [6.07, 6.45) is 0. The summed E-state index contributed by atoms with van der Waals surface area (Å²) in [5.74, 6) is -0.534. The van der Waals surface area contributed by atoms with Crippen LogP contribution in [0.2, 0.25) is 10.0 Å². The minimum Gasteiger partial charge on any atom is -0.322 e. The molecule has 0 aliphatic rings. The molecule has 0 radical (unpaired) electrons. The number of hydrogen-bond donors (Lipinski definition) is 1. The predicted molar refractivity (Wildman–Crippen MR) is 106 cm³/mol. The molecule has 0 aliphatic carbocycles. The van der Waals surface area contributed by atoms with Gasteiger partial charge < -0.3 is 5.32 Å². The number of halogens is 2. The topological polar surface area (TPSA) is 66.5 Å². The molecule has 0 atom stereocenters. The number of rotatable bonds is 5. The number of likely N-dealkylation sites (N-methyl/N-ethyl adjacent to an activating group) is 1. The van der Waals surface area contributed by atoms with Crippen LogP contribution in [-0.4, -0.2) is 32.2 Å². The first-order valence-corrected chi connectivity index (χ1v) is 10.0. The third-order valence-corrected chi connectivity index (χ3v) is 6.61. The van der Waals surface area contributed by atoms with Gasteiger partial charge in [-0.25, -0.2) is 8.42 Å². The largest absolute Gasteiger partial charge is 0.322 e. The van der Waals surface area contributed by atoms with Crippen molar-refractivity contribution < 1.29 is 13.2 Å². The van der Waals surface area contributed by atoms with Crippen LogP contribution in [0.4, 0.5) is 5.69 Å². The molecular weight excluding hydrogens is 395 g/mol. The van der Waals surface area contributed by atoms with E-state index >= 15 is 0 Å². The SMILES string of the molecule is Cc1cc(C)c(S(=O)(=O)N(C)CC(=O)Nc2c(Cl)cccc2Cl)c(C)c1. The van der Waals surface area contributed by atoms with Crippen LogP contribution >= 0.6 is 23.2 Å². The van der Waals surface area contributed by atoms with E-state index in [4.69, 9.17) is 23.2 Å². The average Bonchev–Trinajstić information content (AvgIpc) is 2.49. The van der Waals surface area contributed by atoms with E-state index in [1.165, 1.54) is 7.05 Å². The van der Waals surface area contributed by atoms with Crippen molar-refractivity contribution in [1.82, 2.24) is 4.31 Å². The number of carbonyl (C=O) groups excluding carboxylic acids is 1. The Hall–Kier alpha value is -1.60. The van der Waals surface area contributed by atoms with E-state index in [0.29, 0.717) is 11.1 Å². The summed E-state index contributed by atoms with van der Waals surface area (Å²) in [4.78, 5) is 12.5. The van der Waals surface area contributed by atoms with Gasteiger partial charge in [0.05, 0.1) is 27.2 Å². The summed E-state index contributed by atoms with van der Waals surface area (Å²) in [6.45, 7) is 5.02. The quantitative estimate of drug-likeness (QED) is 0.797. The molecule has 2 rings (SSSR count). The molecule has 0 fully saturated rings. The molecule has 0 heterocycles. The fourth-order valence-electron chi connectivity index (χ4n) is 2.81. The van der Waals surface area contributed by atoms with E-state index in [2.05, 4.69) is 5.32 Å². The van der Waals surface area contributed by atoms with Gasteiger partial charge in [0.25, 0.3) is 0 Å². The van der Waals surface area contributed by atoms with Crippen molar-refractivity contribution >= 4 is 44.8 Å². The Balaban J connectivity index is 2.24. The molecule has 2 aromatic carbocycles. The fraction of sp³-hybridized carbons (Fsp3) is 0.278. The minimum atomic E-state index is -3.82. The minimum absolute atomic E-state index is 0.217. The normalized spacial score (nSPS) is 11.7. The highest BCUT2D eigenvalue weighted by Gasteiger charge is 2.27. The van der Waals surface area contributed by atoms with Crippen molar-refractivity contribution in [3.63, 3.8) is 0 Å². The van der Waals surface area contributed by atoms with Gasteiger partial charge in [-0.15, -0.1) is 0 Å². The number of aryl methyl sites for hydroxylation is 3. The monoisotopic (exact) mass is 414 g/mol. The van der Waals surface area contributed by atoms with Crippen LogP contribution in [-0.2, 0) is 14.8 Å². The third kappa shape index (κ3) is 4.38. The van der Waals surface area contributed by atoms with Crippen LogP contribution in [0, 0.1) is 20.8 Å². The molecule has 0 spiro atoms. The van der Waals surface area contributed by atoms with Gasteiger partial charge in [0.15, 0.2) is 0 Å². The molecule has 0 unspecified atom stereocenters. The highest BCUT2D eigenvalue weighted by molar-refractivity contribution is 7.89. The van der Waals surface area contributed by atoms with Crippen molar-refractivity contribution in [1.29, 1.82) is 0 Å². The molecule has 5 nitrogen and oxygen atoms in total. The molecular formula is C18H20Cl2N2O3S. The first-order valence-electron chi connectivity index (χ1n) is 7.82. The summed E-state index contributed by atoms with van der Waals surface area (Å²) in [5, 5.41) is 3.12. The van der Waals surface area contributed by atoms with Crippen LogP contribution in [0.15, 0.2) is 35.2 Å². The van der Waals surface area contributed by atoms with Gasteiger partial charge in [-0.05, 0) is 44.0 Å². The van der Waals surface area contributed by atoms with Crippen molar-refractivity contribution in [2.24, 2.45) is 0 Å². The van der Waals surface area contributed by atoms with Crippen molar-refractivity contribution in [2.45, 2.75) is 25.7 Å². The Morgan fingerprint density at radius 3 is 2.08 bits per heavy atom. The number of hydrogen-bond acceptors (Lipinski definition) is 3. The Morgan fingerprint density at radius 1 is 1.08 bits per heavy atom. The van der Waals surface area contributed by atoms with E-state index in [-0.39, 0.29) is 27.2 Å². The Morgan fingerprint density at radius 2 is 1.58 bits per heavy atom. The standard InChI is InChI=1S/C18H20Cl2N2O3S/c1-11-8-12(2)18(13(3)9-11)26(24,25)22(4)10-16(23)21-17-14(19)6-5-7-15(17)20/h5-9H,10H2,1-4H3,(H,21,23). The van der Waals surface area contributed by atoms with Gasteiger partial charge in [-0.1, -0.05) is 47.0 Å². The zero-order chi connectivity index (χ0) is 19.6. The van der Waals surface area contributed by atoms with Gasteiger partial charge in [0.2, 0.25) is 15.9 Å². The molecule has 0 saturated carbocycles. The van der Waals surface area contributed by atoms with E-state index in [1.807, 2.05) is 6.92 Å². The predicted octanol–water partition coefficient (Wildman–Crippen LogP) is 4.18. The summed E-state index contributed by atoms with van der Waals surface area (Å²) in [5.41, 5.74) is 2.52. The lowest BCUT2D eigenvalue weighted by molar-refractivity contribution is -0.116. The smallest absolute Gasteiger partial charge is 0.243 e.